The lowest BCUT2D eigenvalue weighted by atomic mass is 10.0. The van der Waals surface area contributed by atoms with E-state index in [1.165, 1.54) is 17.7 Å². The molecule has 0 aliphatic heterocycles. The monoisotopic (exact) mass is 423 g/mol. The molecule has 0 atom stereocenters. The van der Waals surface area contributed by atoms with Gasteiger partial charge < -0.3 is 4.74 Å². The van der Waals surface area contributed by atoms with Crippen molar-refractivity contribution < 1.29 is 4.74 Å². The Morgan fingerprint density at radius 2 is 1.61 bits per heavy atom. The molecule has 1 N–H and O–H groups in total. The van der Waals surface area contributed by atoms with Crippen LogP contribution in [0.4, 0.5) is 0 Å². The molecule has 0 radical (unpaired) electrons. The van der Waals surface area contributed by atoms with Crippen LogP contribution in [0.5, 0.6) is 6.01 Å². The van der Waals surface area contributed by atoms with E-state index in [1.54, 1.807) is 0 Å². The summed E-state index contributed by atoms with van der Waals surface area (Å²) in [5.74, 6) is -0.137. The Bertz CT molecular complexity index is 1160. The normalized spacial score (nSPS) is 11.6. The minimum Gasteiger partial charge on any atom is -0.467 e. The number of pyridine rings is 1. The first-order chi connectivity index (χ1) is 13.1. The van der Waals surface area contributed by atoms with Crippen LogP contribution in [0.3, 0.4) is 0 Å². The first-order valence-corrected chi connectivity index (χ1v) is 9.38. The van der Waals surface area contributed by atoms with Crippen LogP contribution in [0, 0.1) is 0 Å². The third kappa shape index (κ3) is 3.38. The molecule has 148 valence electrons. The van der Waals surface area contributed by atoms with Crippen molar-refractivity contribution in [2.75, 3.05) is 7.11 Å². The highest BCUT2D eigenvalue weighted by Gasteiger charge is 2.25. The minimum atomic E-state index is -0.666. The Hall–Kier alpha value is -2.45. The largest absolute Gasteiger partial charge is 0.467 e. The van der Waals surface area contributed by atoms with Crippen molar-refractivity contribution in [2.24, 2.45) is 0 Å². The molecule has 3 rings (SSSR count). The summed E-state index contributed by atoms with van der Waals surface area (Å²) < 4.78 is 6.52. The van der Waals surface area contributed by atoms with E-state index in [9.17, 15) is 9.59 Å². The first-order valence-electron chi connectivity index (χ1n) is 8.63. The number of fused-ring (bicyclic) bond motifs is 1. The van der Waals surface area contributed by atoms with E-state index in [-0.39, 0.29) is 39.1 Å². The summed E-state index contributed by atoms with van der Waals surface area (Å²) in [7, 11) is 1.48. The first kappa shape index (κ1) is 20.3. The van der Waals surface area contributed by atoms with Crippen LogP contribution < -0.4 is 16.0 Å². The Balaban J connectivity index is 2.58. The molecule has 0 unspecified atom stereocenters. The van der Waals surface area contributed by atoms with Gasteiger partial charge in [0.05, 0.1) is 34.6 Å². The van der Waals surface area contributed by atoms with Crippen molar-refractivity contribution in [3.05, 3.63) is 48.5 Å². The Kier molecular flexibility index (Phi) is 5.45. The summed E-state index contributed by atoms with van der Waals surface area (Å²) in [6, 6.07) is 1.59. The van der Waals surface area contributed by atoms with E-state index in [2.05, 4.69) is 19.9 Å². The van der Waals surface area contributed by atoms with E-state index in [4.69, 9.17) is 27.9 Å². The maximum Gasteiger partial charge on any atom is 0.334 e. The number of methoxy groups -OCH3 is 1. The van der Waals surface area contributed by atoms with Crippen LogP contribution in [0.25, 0.3) is 16.7 Å². The number of ether oxygens (including phenoxy) is 1. The lowest BCUT2D eigenvalue weighted by Crippen LogP contribution is -2.32. The van der Waals surface area contributed by atoms with Crippen molar-refractivity contribution >= 4 is 34.2 Å². The molecule has 0 aliphatic rings. The molecule has 0 spiro atoms. The van der Waals surface area contributed by atoms with E-state index in [1.807, 2.05) is 27.7 Å². The highest BCUT2D eigenvalue weighted by atomic mass is 35.5. The number of hydrogen-bond acceptors (Lipinski definition) is 6. The molecule has 28 heavy (non-hydrogen) atoms. The summed E-state index contributed by atoms with van der Waals surface area (Å²) in [5.41, 5.74) is 0.427. The zero-order valence-electron chi connectivity index (χ0n) is 16.0. The van der Waals surface area contributed by atoms with Crippen LogP contribution in [0.2, 0.25) is 10.2 Å². The lowest BCUT2D eigenvalue weighted by Gasteiger charge is -2.20. The minimum absolute atomic E-state index is 0.0143. The number of nitrogens with one attached hydrogen (secondary N) is 1. The molecule has 0 aliphatic carbocycles. The summed E-state index contributed by atoms with van der Waals surface area (Å²) in [6.07, 6.45) is 0. The summed E-state index contributed by atoms with van der Waals surface area (Å²) in [4.78, 5) is 40.6. The SMILES string of the molecule is COc1nc(C(C)C)c(-n2c(=O)[nH]c(=O)c3cc(Cl)c(Cl)nc32)c(C(C)C)n1. The number of rotatable bonds is 4. The van der Waals surface area contributed by atoms with Gasteiger partial charge in [0.25, 0.3) is 5.56 Å². The molecule has 0 bridgehead atoms. The number of aromatic nitrogens is 5. The maximum absolute atomic E-state index is 12.9. The van der Waals surface area contributed by atoms with Gasteiger partial charge in [0.2, 0.25) is 0 Å². The van der Waals surface area contributed by atoms with E-state index in [0.717, 1.165) is 0 Å². The average molecular weight is 424 g/mol. The topological polar surface area (TPSA) is 103 Å². The van der Waals surface area contributed by atoms with Gasteiger partial charge in [-0.3, -0.25) is 9.78 Å². The number of H-pyrrole nitrogens is 1. The fourth-order valence-corrected chi connectivity index (χ4v) is 3.20. The van der Waals surface area contributed by atoms with E-state index < -0.39 is 11.2 Å². The van der Waals surface area contributed by atoms with E-state index >= 15 is 0 Å². The van der Waals surface area contributed by atoms with Gasteiger partial charge in [-0.1, -0.05) is 50.9 Å². The molecule has 0 saturated heterocycles. The second-order valence-corrected chi connectivity index (χ2v) is 7.63. The highest BCUT2D eigenvalue weighted by Crippen LogP contribution is 2.31. The lowest BCUT2D eigenvalue weighted by molar-refractivity contribution is 0.374. The third-order valence-corrected chi connectivity index (χ3v) is 4.88. The van der Waals surface area contributed by atoms with Crippen molar-refractivity contribution in [2.45, 2.75) is 39.5 Å². The van der Waals surface area contributed by atoms with Gasteiger partial charge in [-0.2, -0.15) is 9.97 Å². The summed E-state index contributed by atoms with van der Waals surface area (Å²) in [5, 5.41) is 0.234. The molecule has 0 aromatic carbocycles. The van der Waals surface area contributed by atoms with Crippen LogP contribution in [0.15, 0.2) is 15.7 Å². The molecule has 0 saturated carbocycles. The fraction of sp³-hybridized carbons (Fsp3) is 0.389. The predicted molar refractivity (Wildman–Crippen MR) is 108 cm³/mol. The molecular formula is C18H19Cl2N5O3. The summed E-state index contributed by atoms with van der Waals surface area (Å²) >= 11 is 12.1. The van der Waals surface area contributed by atoms with Crippen molar-refractivity contribution in [3.8, 4) is 11.7 Å². The van der Waals surface area contributed by atoms with Gasteiger partial charge in [0.15, 0.2) is 5.65 Å². The van der Waals surface area contributed by atoms with Crippen LogP contribution >= 0.6 is 23.2 Å². The van der Waals surface area contributed by atoms with Gasteiger partial charge in [0.1, 0.15) is 5.15 Å². The fourth-order valence-electron chi connectivity index (χ4n) is 2.91. The van der Waals surface area contributed by atoms with Crippen molar-refractivity contribution in [1.82, 2.24) is 24.5 Å². The number of aromatic amines is 1. The average Bonchev–Trinajstić information content (AvgIpc) is 2.63. The van der Waals surface area contributed by atoms with Gasteiger partial charge in [0, 0.05) is 0 Å². The van der Waals surface area contributed by atoms with Crippen molar-refractivity contribution in [3.63, 3.8) is 0 Å². The van der Waals surface area contributed by atoms with Gasteiger partial charge in [-0.05, 0) is 17.9 Å². The molecule has 3 aromatic rings. The van der Waals surface area contributed by atoms with Gasteiger partial charge >= 0.3 is 11.7 Å². The quantitative estimate of drug-likeness (QED) is 0.644. The second-order valence-electron chi connectivity index (χ2n) is 6.87. The van der Waals surface area contributed by atoms with Gasteiger partial charge in [-0.25, -0.2) is 14.3 Å². The summed E-state index contributed by atoms with van der Waals surface area (Å²) in [6.45, 7) is 7.74. The number of halogens is 2. The maximum atomic E-state index is 12.9. The molecule has 3 heterocycles. The molecular weight excluding hydrogens is 405 g/mol. The molecule has 0 amide bonds. The molecule has 10 heteroatoms. The van der Waals surface area contributed by atoms with Crippen LogP contribution in [0.1, 0.15) is 50.9 Å². The number of nitrogens with zero attached hydrogens (tertiary/aromatic N) is 4. The second kappa shape index (κ2) is 7.52. The predicted octanol–water partition coefficient (Wildman–Crippen LogP) is 3.43. The van der Waals surface area contributed by atoms with E-state index in [0.29, 0.717) is 17.1 Å². The Morgan fingerprint density at radius 3 is 2.11 bits per heavy atom. The zero-order valence-corrected chi connectivity index (χ0v) is 17.5. The van der Waals surface area contributed by atoms with Crippen LogP contribution in [-0.4, -0.2) is 31.6 Å². The standard InChI is InChI=1S/C18H19Cl2N5O3/c1-7(2)11-13(12(8(3)4)22-17(21-11)28-5)25-15-9(16(26)24-18(25)27)6-10(19)14(20)23-15/h6-8H,1-5H3,(H,24,26,27). The van der Waals surface area contributed by atoms with Gasteiger partial charge in [-0.15, -0.1) is 0 Å². The molecule has 8 nitrogen and oxygen atoms in total. The molecule has 0 fully saturated rings. The Labute approximate surface area is 170 Å². The highest BCUT2D eigenvalue weighted by molar-refractivity contribution is 6.41. The van der Waals surface area contributed by atoms with Crippen LogP contribution in [-0.2, 0) is 0 Å². The number of hydrogen-bond donors (Lipinski definition) is 1. The molecule has 3 aromatic heterocycles. The third-order valence-electron chi connectivity index (χ3n) is 4.21. The van der Waals surface area contributed by atoms with Crippen molar-refractivity contribution in [1.29, 1.82) is 0 Å². The smallest absolute Gasteiger partial charge is 0.334 e. The zero-order chi connectivity index (χ0) is 20.7. The Morgan fingerprint density at radius 1 is 1.04 bits per heavy atom.